The SMILES string of the molecule is C1=Cn2c(nc3ccccc32)CN=C1. The van der Waals surface area contributed by atoms with Crippen LogP contribution in [0.3, 0.4) is 0 Å². The normalized spacial score (nSPS) is 14.3. The van der Waals surface area contributed by atoms with Crippen LogP contribution < -0.4 is 0 Å². The highest BCUT2D eigenvalue weighted by atomic mass is 15.1. The van der Waals surface area contributed by atoms with Crippen LogP contribution in [0.5, 0.6) is 0 Å². The van der Waals surface area contributed by atoms with E-state index in [1.165, 1.54) is 0 Å². The monoisotopic (exact) mass is 183 g/mol. The predicted molar refractivity (Wildman–Crippen MR) is 57.3 cm³/mol. The Kier molecular flexibility index (Phi) is 1.50. The molecule has 0 radical (unpaired) electrons. The average molecular weight is 183 g/mol. The number of hydrogen-bond acceptors (Lipinski definition) is 2. The third-order valence-corrected chi connectivity index (χ3v) is 2.33. The fourth-order valence-corrected chi connectivity index (χ4v) is 1.69. The number of para-hydroxylation sites is 2. The van der Waals surface area contributed by atoms with Crippen molar-refractivity contribution in [1.82, 2.24) is 9.55 Å². The third-order valence-electron chi connectivity index (χ3n) is 2.33. The van der Waals surface area contributed by atoms with Crippen molar-refractivity contribution >= 4 is 23.4 Å². The van der Waals surface area contributed by atoms with Crippen LogP contribution in [0.4, 0.5) is 0 Å². The van der Waals surface area contributed by atoms with E-state index < -0.39 is 0 Å². The van der Waals surface area contributed by atoms with Gasteiger partial charge in [0.25, 0.3) is 0 Å². The Balaban J connectivity index is 2.37. The summed E-state index contributed by atoms with van der Waals surface area (Å²) in [5, 5.41) is 0. The number of benzene rings is 1. The van der Waals surface area contributed by atoms with Gasteiger partial charge in [0.2, 0.25) is 0 Å². The number of imidazole rings is 1. The maximum Gasteiger partial charge on any atom is 0.135 e. The third kappa shape index (κ3) is 0.988. The van der Waals surface area contributed by atoms with Gasteiger partial charge < -0.3 is 4.57 Å². The maximum atomic E-state index is 4.51. The summed E-state index contributed by atoms with van der Waals surface area (Å²) in [6.07, 6.45) is 5.75. The van der Waals surface area contributed by atoms with Crippen LogP contribution >= 0.6 is 0 Å². The number of allylic oxidation sites excluding steroid dienone is 1. The zero-order valence-electron chi connectivity index (χ0n) is 7.59. The van der Waals surface area contributed by atoms with Gasteiger partial charge in [0.15, 0.2) is 0 Å². The van der Waals surface area contributed by atoms with E-state index in [1.54, 1.807) is 0 Å². The largest absolute Gasteiger partial charge is 0.301 e. The molecule has 0 N–H and O–H groups in total. The molecule has 0 fully saturated rings. The lowest BCUT2D eigenvalue weighted by atomic mass is 10.3. The highest BCUT2D eigenvalue weighted by molar-refractivity contribution is 5.82. The summed E-state index contributed by atoms with van der Waals surface area (Å²) in [4.78, 5) is 8.72. The first kappa shape index (κ1) is 7.50. The van der Waals surface area contributed by atoms with Crippen LogP contribution in [0.25, 0.3) is 17.2 Å². The summed E-state index contributed by atoms with van der Waals surface area (Å²) < 4.78 is 2.09. The molecule has 0 bridgehead atoms. The molecule has 1 aromatic heterocycles. The molecule has 3 rings (SSSR count). The molecule has 2 heterocycles. The quantitative estimate of drug-likeness (QED) is 0.615. The molecule has 0 saturated carbocycles. The van der Waals surface area contributed by atoms with Gasteiger partial charge in [-0.25, -0.2) is 4.98 Å². The molecule has 14 heavy (non-hydrogen) atoms. The Morgan fingerprint density at radius 2 is 2.14 bits per heavy atom. The summed E-state index contributed by atoms with van der Waals surface area (Å²) in [5.41, 5.74) is 2.17. The van der Waals surface area contributed by atoms with Crippen LogP contribution in [0.15, 0.2) is 35.3 Å². The van der Waals surface area contributed by atoms with Crippen molar-refractivity contribution in [1.29, 1.82) is 0 Å². The van der Waals surface area contributed by atoms with Crippen LogP contribution in [-0.4, -0.2) is 15.8 Å². The van der Waals surface area contributed by atoms with Gasteiger partial charge in [-0.1, -0.05) is 12.1 Å². The van der Waals surface area contributed by atoms with Crippen LogP contribution in [-0.2, 0) is 6.54 Å². The van der Waals surface area contributed by atoms with Crippen molar-refractivity contribution in [2.75, 3.05) is 0 Å². The van der Waals surface area contributed by atoms with Crippen LogP contribution in [0.1, 0.15) is 5.82 Å². The summed E-state index contributed by atoms with van der Waals surface area (Å²) in [6, 6.07) is 8.12. The summed E-state index contributed by atoms with van der Waals surface area (Å²) >= 11 is 0. The topological polar surface area (TPSA) is 30.2 Å². The molecule has 0 atom stereocenters. The Bertz CT molecular complexity index is 534. The second kappa shape index (κ2) is 2.80. The number of rotatable bonds is 0. The van der Waals surface area contributed by atoms with Gasteiger partial charge in [-0.3, -0.25) is 4.99 Å². The molecule has 0 amide bonds. The number of hydrogen-bond donors (Lipinski definition) is 0. The molecule has 0 unspecified atom stereocenters. The van der Waals surface area contributed by atoms with Gasteiger partial charge in [-0.2, -0.15) is 0 Å². The van der Waals surface area contributed by atoms with Gasteiger partial charge in [0, 0.05) is 12.4 Å². The van der Waals surface area contributed by atoms with Crippen LogP contribution in [0, 0.1) is 0 Å². The molecule has 0 saturated heterocycles. The van der Waals surface area contributed by atoms with Gasteiger partial charge in [-0.15, -0.1) is 0 Å². The molecule has 1 aromatic carbocycles. The van der Waals surface area contributed by atoms with Crippen molar-refractivity contribution in [3.8, 4) is 0 Å². The first-order valence-electron chi connectivity index (χ1n) is 4.57. The minimum atomic E-state index is 0.654. The predicted octanol–water partition coefficient (Wildman–Crippen LogP) is 2.09. The zero-order valence-corrected chi connectivity index (χ0v) is 7.59. The fraction of sp³-hybridized carbons (Fsp3) is 0.0909. The highest BCUT2D eigenvalue weighted by Gasteiger charge is 2.07. The summed E-state index contributed by atoms with van der Waals surface area (Å²) in [6.45, 7) is 0.654. The van der Waals surface area contributed by atoms with Gasteiger partial charge >= 0.3 is 0 Å². The van der Waals surface area contributed by atoms with Gasteiger partial charge in [0.05, 0.1) is 17.6 Å². The minimum absolute atomic E-state index is 0.654. The lowest BCUT2D eigenvalue weighted by Crippen LogP contribution is -1.92. The Morgan fingerprint density at radius 1 is 1.21 bits per heavy atom. The zero-order chi connectivity index (χ0) is 9.38. The van der Waals surface area contributed by atoms with E-state index in [2.05, 4.69) is 20.6 Å². The highest BCUT2D eigenvalue weighted by Crippen LogP contribution is 2.17. The van der Waals surface area contributed by atoms with Crippen molar-refractivity contribution in [2.24, 2.45) is 4.99 Å². The van der Waals surface area contributed by atoms with E-state index in [9.17, 15) is 0 Å². The molecular weight excluding hydrogens is 174 g/mol. The standard InChI is InChI=1S/C11H9N3/c1-2-5-10-9(4-1)13-11-8-12-6-3-7-14(10)11/h1-7H,8H2. The van der Waals surface area contributed by atoms with E-state index in [1.807, 2.05) is 36.7 Å². The van der Waals surface area contributed by atoms with Crippen molar-refractivity contribution in [3.63, 3.8) is 0 Å². The lowest BCUT2D eigenvalue weighted by molar-refractivity contribution is 0.918. The maximum absolute atomic E-state index is 4.51. The van der Waals surface area contributed by atoms with Crippen molar-refractivity contribution in [2.45, 2.75) is 6.54 Å². The van der Waals surface area contributed by atoms with E-state index in [-0.39, 0.29) is 0 Å². The van der Waals surface area contributed by atoms with Crippen LogP contribution in [0.2, 0.25) is 0 Å². The van der Waals surface area contributed by atoms with Crippen molar-refractivity contribution < 1.29 is 0 Å². The molecule has 3 heteroatoms. The van der Waals surface area contributed by atoms with E-state index >= 15 is 0 Å². The molecule has 3 nitrogen and oxygen atoms in total. The smallest absolute Gasteiger partial charge is 0.135 e. The van der Waals surface area contributed by atoms with Gasteiger partial charge in [-0.05, 0) is 18.2 Å². The first-order valence-corrected chi connectivity index (χ1v) is 4.57. The molecule has 2 aromatic rings. The van der Waals surface area contributed by atoms with E-state index in [4.69, 9.17) is 0 Å². The number of aromatic nitrogens is 2. The Labute approximate surface area is 81.4 Å². The molecule has 1 aliphatic heterocycles. The summed E-state index contributed by atoms with van der Waals surface area (Å²) in [7, 11) is 0. The minimum Gasteiger partial charge on any atom is -0.301 e. The second-order valence-electron chi connectivity index (χ2n) is 3.22. The molecular formula is C11H9N3. The number of fused-ring (bicyclic) bond motifs is 3. The number of nitrogens with zero attached hydrogens (tertiary/aromatic N) is 3. The van der Waals surface area contributed by atoms with E-state index in [0.717, 1.165) is 16.9 Å². The first-order chi connectivity index (χ1) is 6.95. The lowest BCUT2D eigenvalue weighted by Gasteiger charge is -1.97. The molecule has 68 valence electrons. The Morgan fingerprint density at radius 3 is 3.14 bits per heavy atom. The molecule has 0 spiro atoms. The molecule has 0 aliphatic carbocycles. The Hall–Kier alpha value is -1.90. The second-order valence-corrected chi connectivity index (χ2v) is 3.22. The van der Waals surface area contributed by atoms with Crippen molar-refractivity contribution in [3.05, 3.63) is 36.2 Å². The molecule has 1 aliphatic rings. The van der Waals surface area contributed by atoms with E-state index in [0.29, 0.717) is 6.54 Å². The van der Waals surface area contributed by atoms with Gasteiger partial charge in [0.1, 0.15) is 5.82 Å². The number of aliphatic imine (C=N–C) groups is 1. The average Bonchev–Trinajstić information content (AvgIpc) is 2.42. The fourth-order valence-electron chi connectivity index (χ4n) is 1.69. The summed E-state index contributed by atoms with van der Waals surface area (Å²) in [5.74, 6) is 0.996.